The van der Waals surface area contributed by atoms with Crippen LogP contribution in [0.4, 0.5) is 23.7 Å². The first-order valence-corrected chi connectivity index (χ1v) is 6.37. The third kappa shape index (κ3) is 3.22. The lowest BCUT2D eigenvalue weighted by Gasteiger charge is -2.23. The van der Waals surface area contributed by atoms with E-state index in [2.05, 4.69) is 5.32 Å². The van der Waals surface area contributed by atoms with Crippen molar-refractivity contribution >= 4 is 11.7 Å². The van der Waals surface area contributed by atoms with Crippen molar-refractivity contribution in [3.8, 4) is 0 Å². The van der Waals surface area contributed by atoms with Crippen LogP contribution < -0.4 is 11.1 Å². The first-order valence-electron chi connectivity index (χ1n) is 6.37. The number of halogens is 3. The first-order chi connectivity index (χ1) is 9.41. The molecule has 3 N–H and O–H groups in total. The molecule has 1 atom stereocenters. The van der Waals surface area contributed by atoms with Crippen molar-refractivity contribution < 1.29 is 18.0 Å². The summed E-state index contributed by atoms with van der Waals surface area (Å²) in [5.74, 6) is 0. The van der Waals surface area contributed by atoms with Gasteiger partial charge in [-0.15, -0.1) is 0 Å². The largest absolute Gasteiger partial charge is 0.416 e. The van der Waals surface area contributed by atoms with Gasteiger partial charge in [-0.2, -0.15) is 13.2 Å². The lowest BCUT2D eigenvalue weighted by atomic mass is 10.2. The number of rotatable bonds is 2. The number of hydrogen-bond donors (Lipinski definition) is 2. The Morgan fingerprint density at radius 2 is 2.00 bits per heavy atom. The van der Waals surface area contributed by atoms with E-state index in [9.17, 15) is 18.0 Å². The molecule has 7 heteroatoms. The van der Waals surface area contributed by atoms with Gasteiger partial charge in [0.15, 0.2) is 0 Å². The summed E-state index contributed by atoms with van der Waals surface area (Å²) in [7, 11) is 0. The molecule has 1 aliphatic heterocycles. The highest BCUT2D eigenvalue weighted by molar-refractivity contribution is 5.89. The SMILES string of the molecule is NCC1CCCN1C(=O)Nc1ccc(C(F)(F)F)cc1. The minimum absolute atomic E-state index is 0.00412. The standard InChI is InChI=1S/C13H16F3N3O/c14-13(15,16)9-3-5-10(6-4-9)18-12(20)19-7-1-2-11(19)8-17/h3-6,11H,1-2,7-8,17H2,(H,18,20). The molecule has 1 heterocycles. The molecule has 0 spiro atoms. The highest BCUT2D eigenvalue weighted by Gasteiger charge is 2.30. The van der Waals surface area contributed by atoms with Crippen molar-refractivity contribution in [1.82, 2.24) is 4.90 Å². The van der Waals surface area contributed by atoms with E-state index >= 15 is 0 Å². The Kier molecular flexibility index (Phi) is 4.17. The van der Waals surface area contributed by atoms with Crippen LogP contribution in [-0.4, -0.2) is 30.1 Å². The molecule has 4 nitrogen and oxygen atoms in total. The molecule has 1 unspecified atom stereocenters. The second-order valence-corrected chi connectivity index (χ2v) is 4.73. The van der Waals surface area contributed by atoms with Crippen LogP contribution in [0.3, 0.4) is 0 Å². The van der Waals surface area contributed by atoms with Gasteiger partial charge in [-0.3, -0.25) is 0 Å². The molecule has 2 rings (SSSR count). The van der Waals surface area contributed by atoms with Gasteiger partial charge >= 0.3 is 12.2 Å². The zero-order chi connectivity index (χ0) is 14.8. The number of carbonyl (C=O) groups is 1. The van der Waals surface area contributed by atoms with Crippen LogP contribution in [0.15, 0.2) is 24.3 Å². The van der Waals surface area contributed by atoms with E-state index in [1.165, 1.54) is 12.1 Å². The molecule has 0 bridgehead atoms. The van der Waals surface area contributed by atoms with Crippen LogP contribution in [0.25, 0.3) is 0 Å². The molecule has 0 radical (unpaired) electrons. The van der Waals surface area contributed by atoms with E-state index in [1.54, 1.807) is 4.90 Å². The Morgan fingerprint density at radius 1 is 1.35 bits per heavy atom. The quantitative estimate of drug-likeness (QED) is 0.878. The van der Waals surface area contributed by atoms with E-state index < -0.39 is 11.7 Å². The van der Waals surface area contributed by atoms with Gasteiger partial charge in [-0.05, 0) is 37.1 Å². The minimum atomic E-state index is -4.37. The second kappa shape index (κ2) is 5.70. The van der Waals surface area contributed by atoms with Crippen molar-refractivity contribution in [3.63, 3.8) is 0 Å². The highest BCUT2D eigenvalue weighted by atomic mass is 19.4. The van der Waals surface area contributed by atoms with Gasteiger partial charge in [-0.25, -0.2) is 4.79 Å². The molecule has 1 fully saturated rings. The molecule has 1 aromatic carbocycles. The fourth-order valence-corrected chi connectivity index (χ4v) is 2.29. The van der Waals surface area contributed by atoms with Gasteiger partial charge in [0.2, 0.25) is 0 Å². The first kappa shape index (κ1) is 14.6. The average molecular weight is 287 g/mol. The molecular formula is C13H16F3N3O. The minimum Gasteiger partial charge on any atom is -0.328 e. The number of nitrogens with zero attached hydrogens (tertiary/aromatic N) is 1. The molecule has 1 aromatic rings. The summed E-state index contributed by atoms with van der Waals surface area (Å²) in [4.78, 5) is 13.6. The number of alkyl halides is 3. The van der Waals surface area contributed by atoms with E-state index in [0.717, 1.165) is 25.0 Å². The fourth-order valence-electron chi connectivity index (χ4n) is 2.29. The molecule has 20 heavy (non-hydrogen) atoms. The van der Waals surface area contributed by atoms with Gasteiger partial charge in [0.1, 0.15) is 0 Å². The number of nitrogens with one attached hydrogen (secondary N) is 1. The predicted molar refractivity (Wildman–Crippen MR) is 69.2 cm³/mol. The predicted octanol–water partition coefficient (Wildman–Crippen LogP) is 2.66. The van der Waals surface area contributed by atoms with Gasteiger partial charge in [0, 0.05) is 24.8 Å². The van der Waals surface area contributed by atoms with E-state index in [-0.39, 0.29) is 12.1 Å². The number of anilines is 1. The maximum Gasteiger partial charge on any atom is 0.416 e. The molecular weight excluding hydrogens is 271 g/mol. The third-order valence-corrected chi connectivity index (χ3v) is 3.37. The number of carbonyl (C=O) groups excluding carboxylic acids is 1. The summed E-state index contributed by atoms with van der Waals surface area (Å²) in [6.07, 6.45) is -2.62. The Balaban J connectivity index is 2.01. The number of hydrogen-bond acceptors (Lipinski definition) is 2. The Hall–Kier alpha value is -1.76. The third-order valence-electron chi connectivity index (χ3n) is 3.37. The fraction of sp³-hybridized carbons (Fsp3) is 0.462. The van der Waals surface area contributed by atoms with Crippen molar-refractivity contribution in [1.29, 1.82) is 0 Å². The Morgan fingerprint density at radius 3 is 2.55 bits per heavy atom. The molecule has 0 saturated carbocycles. The number of likely N-dealkylation sites (tertiary alicyclic amines) is 1. The van der Waals surface area contributed by atoms with Crippen LogP contribution in [0.1, 0.15) is 18.4 Å². The van der Waals surface area contributed by atoms with Crippen LogP contribution >= 0.6 is 0 Å². The molecule has 0 aliphatic carbocycles. The van der Waals surface area contributed by atoms with E-state index in [0.29, 0.717) is 18.8 Å². The highest BCUT2D eigenvalue weighted by Crippen LogP contribution is 2.30. The average Bonchev–Trinajstić information content (AvgIpc) is 2.86. The topological polar surface area (TPSA) is 58.4 Å². The maximum atomic E-state index is 12.4. The molecule has 2 amide bonds. The summed E-state index contributed by atoms with van der Waals surface area (Å²) < 4.78 is 37.2. The van der Waals surface area contributed by atoms with Gasteiger partial charge in [0.05, 0.1) is 5.56 Å². The van der Waals surface area contributed by atoms with Gasteiger partial charge < -0.3 is 16.0 Å². The zero-order valence-electron chi connectivity index (χ0n) is 10.8. The summed E-state index contributed by atoms with van der Waals surface area (Å²) >= 11 is 0. The van der Waals surface area contributed by atoms with Crippen molar-refractivity contribution in [2.45, 2.75) is 25.1 Å². The van der Waals surface area contributed by atoms with Crippen LogP contribution in [-0.2, 0) is 6.18 Å². The van der Waals surface area contributed by atoms with Crippen molar-refractivity contribution in [3.05, 3.63) is 29.8 Å². The maximum absolute atomic E-state index is 12.4. The van der Waals surface area contributed by atoms with Crippen molar-refractivity contribution in [2.24, 2.45) is 5.73 Å². The second-order valence-electron chi connectivity index (χ2n) is 4.73. The lowest BCUT2D eigenvalue weighted by Crippen LogP contribution is -2.42. The molecule has 110 valence electrons. The summed E-state index contributed by atoms with van der Waals surface area (Å²) in [6, 6.07) is 4.06. The summed E-state index contributed by atoms with van der Waals surface area (Å²) in [5.41, 5.74) is 5.18. The van der Waals surface area contributed by atoms with Gasteiger partial charge in [0.25, 0.3) is 0 Å². The van der Waals surface area contributed by atoms with Gasteiger partial charge in [-0.1, -0.05) is 0 Å². The number of nitrogens with two attached hydrogens (primary N) is 1. The van der Waals surface area contributed by atoms with Crippen molar-refractivity contribution in [2.75, 3.05) is 18.4 Å². The van der Waals surface area contributed by atoms with Crippen LogP contribution in [0.5, 0.6) is 0 Å². The van der Waals surface area contributed by atoms with E-state index in [1.807, 2.05) is 0 Å². The smallest absolute Gasteiger partial charge is 0.328 e. The lowest BCUT2D eigenvalue weighted by molar-refractivity contribution is -0.137. The number of urea groups is 1. The Labute approximate surface area is 114 Å². The van der Waals surface area contributed by atoms with E-state index in [4.69, 9.17) is 5.73 Å². The monoisotopic (exact) mass is 287 g/mol. The summed E-state index contributed by atoms with van der Waals surface area (Å²) in [6.45, 7) is 1.01. The molecule has 0 aromatic heterocycles. The summed E-state index contributed by atoms with van der Waals surface area (Å²) in [5, 5.41) is 2.59. The number of benzene rings is 1. The molecule has 1 aliphatic rings. The number of amides is 2. The zero-order valence-corrected chi connectivity index (χ0v) is 10.8. The molecule has 1 saturated heterocycles. The Bertz CT molecular complexity index is 473. The van der Waals surface area contributed by atoms with Crippen LogP contribution in [0, 0.1) is 0 Å². The normalized spacial score (nSPS) is 19.2. The van der Waals surface area contributed by atoms with Crippen LogP contribution in [0.2, 0.25) is 0 Å².